The molecule has 0 aliphatic carbocycles. The molecule has 11 aromatic carbocycles. The van der Waals surface area contributed by atoms with Gasteiger partial charge in [0.1, 0.15) is 0 Å². The molecule has 19 aromatic rings. The van der Waals surface area contributed by atoms with Crippen molar-refractivity contribution in [2.24, 2.45) is 0 Å². The van der Waals surface area contributed by atoms with Crippen LogP contribution in [0.3, 0.4) is 0 Å². The maximum Gasteiger partial charge on any atom is 0 e. The Hall–Kier alpha value is -10.6. The second kappa shape index (κ2) is 56.6. The second-order valence-electron chi connectivity index (χ2n) is 36.3. The number of aromatic nitrogens is 8. The Balaban J connectivity index is 0.000000195. The van der Waals surface area contributed by atoms with Crippen LogP contribution in [0.15, 0.2) is 413 Å². The van der Waals surface area contributed by atoms with Crippen LogP contribution in [0.5, 0.6) is 0 Å². The number of benzene rings is 11. The van der Waals surface area contributed by atoms with E-state index >= 15 is 0 Å². The predicted molar refractivity (Wildman–Crippen MR) is 575 cm³/mol. The van der Waals surface area contributed by atoms with Gasteiger partial charge in [-0.3, -0.25) is 0 Å². The number of aryl methyl sites for hydroxylation is 4. The molecular formula is C122H116Ge4Ir4N8-8. The molecule has 8 nitrogen and oxygen atoms in total. The summed E-state index contributed by atoms with van der Waals surface area (Å²) in [5.74, 6) is 28.8. The molecule has 16 heteroatoms. The van der Waals surface area contributed by atoms with E-state index in [4.69, 9.17) is 0 Å². The third kappa shape index (κ3) is 36.2. The van der Waals surface area contributed by atoms with E-state index in [0.717, 1.165) is 113 Å². The fraction of sp³-hybridized carbons (Fsp3) is 0.131. The van der Waals surface area contributed by atoms with E-state index in [0.29, 0.717) is 0 Å². The molecule has 0 atom stereocenters. The summed E-state index contributed by atoms with van der Waals surface area (Å²) in [7, 11) is 0. The monoisotopic (exact) mass is 2760 g/mol. The number of pyridine rings is 8. The molecule has 0 saturated heterocycles. The fourth-order valence-electron chi connectivity index (χ4n) is 13.9. The van der Waals surface area contributed by atoms with Gasteiger partial charge in [-0.1, -0.05) is 48.5 Å². The van der Waals surface area contributed by atoms with Crippen molar-refractivity contribution >= 4 is 70.6 Å². The van der Waals surface area contributed by atoms with Gasteiger partial charge in [-0.2, -0.15) is 0 Å². The Kier molecular flexibility index (Phi) is 46.2. The van der Waals surface area contributed by atoms with Gasteiger partial charge >= 0.3 is 506 Å². The molecule has 0 bridgehead atoms. The van der Waals surface area contributed by atoms with E-state index in [1.165, 1.54) is 51.0 Å². The molecule has 0 aliphatic rings. The van der Waals surface area contributed by atoms with Crippen molar-refractivity contribution in [2.45, 2.75) is 96.8 Å². The van der Waals surface area contributed by atoms with Gasteiger partial charge in [-0.25, -0.2) is 0 Å². The molecule has 0 unspecified atom stereocenters. The Morgan fingerprint density at radius 3 is 0.725 bits per heavy atom. The molecule has 704 valence electrons. The van der Waals surface area contributed by atoms with Crippen LogP contribution >= 0.6 is 0 Å². The van der Waals surface area contributed by atoms with Crippen molar-refractivity contribution in [1.29, 1.82) is 0 Å². The summed E-state index contributed by atoms with van der Waals surface area (Å²) in [6, 6.07) is 157. The molecule has 138 heavy (non-hydrogen) atoms. The minimum Gasteiger partial charge on any atom is 0 e. The minimum atomic E-state index is -1.84. The van der Waals surface area contributed by atoms with E-state index in [1.807, 2.05) is 271 Å². The van der Waals surface area contributed by atoms with Gasteiger partial charge in [0, 0.05) is 103 Å². The number of hydrogen-bond donors (Lipinski definition) is 0. The first-order valence-corrected chi connectivity index (χ1v) is 74.7. The van der Waals surface area contributed by atoms with Crippen LogP contribution in [0, 0.1) is 76.2 Å². The molecule has 8 heterocycles. The van der Waals surface area contributed by atoms with Crippen LogP contribution in [0.1, 0.15) is 22.8 Å². The maximum atomic E-state index is 4.63. The van der Waals surface area contributed by atoms with Crippen LogP contribution in [-0.2, 0) is 80.4 Å². The first-order valence-electron chi connectivity index (χ1n) is 45.3. The molecule has 4 radical (unpaired) electrons. The number of rotatable bonds is 15. The van der Waals surface area contributed by atoms with Gasteiger partial charge in [0.25, 0.3) is 0 Å². The minimum absolute atomic E-state index is 0. The zero-order valence-electron chi connectivity index (χ0n) is 81.2. The maximum absolute atomic E-state index is 4.63. The number of nitrogens with zero attached hydrogens (tertiary/aromatic N) is 8. The average molecular weight is 2750 g/mol. The molecule has 0 aliphatic heterocycles. The summed E-state index contributed by atoms with van der Waals surface area (Å²) in [6.45, 7) is 7.97. The predicted octanol–water partition coefficient (Wildman–Crippen LogP) is 28.8. The van der Waals surface area contributed by atoms with Crippen molar-refractivity contribution in [3.05, 3.63) is 484 Å². The van der Waals surface area contributed by atoms with E-state index in [1.54, 1.807) is 0 Å². The van der Waals surface area contributed by atoms with Gasteiger partial charge in [-0.05, 0) is 74.7 Å². The summed E-state index contributed by atoms with van der Waals surface area (Å²) in [4.78, 5) is 35.8. The van der Waals surface area contributed by atoms with Crippen molar-refractivity contribution in [3.63, 3.8) is 0 Å². The van der Waals surface area contributed by atoms with Crippen molar-refractivity contribution < 1.29 is 80.4 Å². The van der Waals surface area contributed by atoms with E-state index in [-0.39, 0.29) is 80.4 Å². The molecule has 0 amide bonds. The van der Waals surface area contributed by atoms with E-state index in [2.05, 4.69) is 327 Å². The molecule has 8 aromatic heterocycles. The Morgan fingerprint density at radius 1 is 0.181 bits per heavy atom. The summed E-state index contributed by atoms with van der Waals surface area (Å²) >= 11 is -7.18. The Bertz CT molecular complexity index is 6460. The molecule has 0 fully saturated rings. The van der Waals surface area contributed by atoms with Gasteiger partial charge in [0.2, 0.25) is 0 Å². The van der Waals surface area contributed by atoms with Crippen LogP contribution in [-0.4, -0.2) is 92.9 Å². The number of hydrogen-bond acceptors (Lipinski definition) is 8. The van der Waals surface area contributed by atoms with Gasteiger partial charge in [-0.15, -0.1) is 144 Å². The first kappa shape index (κ1) is 113. The van der Waals surface area contributed by atoms with Crippen LogP contribution in [0.2, 0.25) is 69.1 Å². The topological polar surface area (TPSA) is 103 Å². The Morgan fingerprint density at radius 2 is 0.457 bits per heavy atom. The van der Waals surface area contributed by atoms with Gasteiger partial charge in [0.15, 0.2) is 0 Å². The van der Waals surface area contributed by atoms with E-state index < -0.39 is 53.1 Å². The van der Waals surface area contributed by atoms with Crippen LogP contribution in [0.4, 0.5) is 0 Å². The van der Waals surface area contributed by atoms with Gasteiger partial charge in [0.05, 0.1) is 0 Å². The second-order valence-corrected chi connectivity index (χ2v) is 78.9. The van der Waals surface area contributed by atoms with Crippen LogP contribution < -0.4 is 17.6 Å². The smallest absolute Gasteiger partial charge is 0 e. The van der Waals surface area contributed by atoms with Gasteiger partial charge < -0.3 is 19.9 Å². The molecule has 0 N–H and O–H groups in total. The molecule has 0 saturated carbocycles. The SMILES string of the molecule is Cc1cccc(-c2[c-]cccc2)n1.Cc1cccc(-c2[c-]cccc2)n1.Cc1cccc(-c2[c-]cccc2)n1.Cc1cccc(-c2[c-]cccc2)n1.[CH3][Ge]([CH3])([CH3])[c]1ccc(-c2[c-]cc(-c3ccccc3)cc2)nc1.[CH3][Ge]([CH3])([CH3])[c]1ccnc(-c2[c-]cc(-c3ccccc3)cc2)c1.[CH3][Ge]([CH3])([CH3])[c]1ccnc(-c2[c-]ccc(-c3ccccc3)c2)c1.[CH3][Ge]([CH3])([CH3])[c]1ccnc(-c2[c-]cccc2)c1.[Ir].[Ir].[Ir].[Ir]. The summed E-state index contributed by atoms with van der Waals surface area (Å²) in [5.41, 5.74) is 27.9. The summed E-state index contributed by atoms with van der Waals surface area (Å²) < 4.78 is 5.88. The third-order valence-electron chi connectivity index (χ3n) is 21.6. The van der Waals surface area contributed by atoms with Crippen molar-refractivity contribution in [1.82, 2.24) is 39.9 Å². The molecular weight excluding hydrogens is 2640 g/mol. The molecule has 0 spiro atoms. The largest absolute Gasteiger partial charge is 0 e. The quantitative estimate of drug-likeness (QED) is 0.0739. The molecule has 19 rings (SSSR count). The van der Waals surface area contributed by atoms with E-state index in [9.17, 15) is 0 Å². The van der Waals surface area contributed by atoms with Crippen molar-refractivity contribution in [3.8, 4) is 123 Å². The third-order valence-corrected chi connectivity index (χ3v) is 38.7. The van der Waals surface area contributed by atoms with Crippen LogP contribution in [0.25, 0.3) is 123 Å². The fourth-order valence-corrected chi connectivity index (χ4v) is 23.3. The zero-order chi connectivity index (χ0) is 94.7. The normalized spacial score (nSPS) is 10.5. The standard InChI is InChI=1S/3C20H20GeN.C14H16GeN.4C12H10N.4Ir/c1-21(2,3)19-12-13-22-20(15-19)18-11-7-10-17(14-18)16-8-5-4-6-9-16;1-21(2,3)19-13-14-22-20(15-19)18-11-9-17(10-12-18)16-7-5-4-6-8-16;1-21(2,3)19-13-14-20(22-15-19)18-11-9-17(10-12-18)16-7-5-4-6-8-16;1-15(2,3)13-9-10-16-14(11-13)12-7-5-4-6-8-12;4*1-10-6-5-9-12(13-10)11-7-3-2-4-8-11;;;;/h4-10,12-15H,1-3H3;2*4-11,13-15H,1-3H3;4-7,9-11H,1-3H3;4*2-7,9H,1H3;;;;/q8*-1;;;;. The Labute approximate surface area is 885 Å². The summed E-state index contributed by atoms with van der Waals surface area (Å²) in [5, 5.41) is 0. The average Bonchev–Trinajstić information content (AvgIpc) is 0.825. The first-order chi connectivity index (χ1) is 64.6. The summed E-state index contributed by atoms with van der Waals surface area (Å²) in [6.07, 6.45) is 7.83. The zero-order valence-corrected chi connectivity index (χ0v) is 99.1. The van der Waals surface area contributed by atoms with Crippen molar-refractivity contribution in [2.75, 3.05) is 0 Å².